The monoisotopic (exact) mass is 260 g/mol. The van der Waals surface area contributed by atoms with Gasteiger partial charge in [-0.3, -0.25) is 4.79 Å². The van der Waals surface area contributed by atoms with E-state index in [9.17, 15) is 9.59 Å². The van der Waals surface area contributed by atoms with Gasteiger partial charge in [0.15, 0.2) is 0 Å². The minimum Gasteiger partial charge on any atom is -0.478 e. The van der Waals surface area contributed by atoms with Gasteiger partial charge in [-0.25, -0.2) is 4.79 Å². The lowest BCUT2D eigenvalue weighted by Crippen LogP contribution is -2.13. The molecule has 1 amide bonds. The van der Waals surface area contributed by atoms with Crippen molar-refractivity contribution in [1.29, 1.82) is 0 Å². The molecule has 6 heteroatoms. The first-order chi connectivity index (χ1) is 6.50. The summed E-state index contributed by atoms with van der Waals surface area (Å²) in [6, 6.07) is 1.48. The Balaban J connectivity index is 2.77. The maximum atomic E-state index is 10.6. The Bertz CT molecular complexity index is 373. The molecule has 0 aliphatic rings. The van der Waals surface area contributed by atoms with Crippen molar-refractivity contribution in [2.75, 3.05) is 0 Å². The SMILES string of the molecule is NC(=O)CCn1cc(C(=O)O)cc1Br. The largest absolute Gasteiger partial charge is 0.478 e. The number of nitrogens with zero attached hydrogens (tertiary/aromatic N) is 1. The highest BCUT2D eigenvalue weighted by molar-refractivity contribution is 9.10. The average Bonchev–Trinajstić information content (AvgIpc) is 2.43. The quantitative estimate of drug-likeness (QED) is 0.841. The number of amides is 1. The van der Waals surface area contributed by atoms with Gasteiger partial charge in [0.1, 0.15) is 0 Å². The van der Waals surface area contributed by atoms with Crippen LogP contribution in [0.3, 0.4) is 0 Å². The van der Waals surface area contributed by atoms with Crippen LogP contribution < -0.4 is 5.73 Å². The number of nitrogens with two attached hydrogens (primary N) is 1. The van der Waals surface area contributed by atoms with Gasteiger partial charge < -0.3 is 15.4 Å². The van der Waals surface area contributed by atoms with Gasteiger partial charge in [-0.2, -0.15) is 0 Å². The summed E-state index contributed by atoms with van der Waals surface area (Å²) in [5.41, 5.74) is 5.15. The van der Waals surface area contributed by atoms with E-state index in [-0.39, 0.29) is 12.0 Å². The number of carbonyl (C=O) groups excluding carboxylic acids is 1. The van der Waals surface area contributed by atoms with E-state index in [4.69, 9.17) is 10.8 Å². The Kier molecular flexibility index (Phi) is 3.29. The first kappa shape index (κ1) is 10.8. The molecule has 1 heterocycles. The van der Waals surface area contributed by atoms with Gasteiger partial charge in [0, 0.05) is 19.2 Å². The topological polar surface area (TPSA) is 85.3 Å². The van der Waals surface area contributed by atoms with Crippen molar-refractivity contribution in [1.82, 2.24) is 4.57 Å². The molecular weight excluding hydrogens is 252 g/mol. The molecule has 3 N–H and O–H groups in total. The van der Waals surface area contributed by atoms with Gasteiger partial charge in [-0.05, 0) is 22.0 Å². The number of carboxylic acid groups (broad SMARTS) is 1. The van der Waals surface area contributed by atoms with Gasteiger partial charge in [0.25, 0.3) is 0 Å². The Morgan fingerprint density at radius 2 is 2.21 bits per heavy atom. The van der Waals surface area contributed by atoms with Crippen LogP contribution in [0, 0.1) is 0 Å². The predicted molar refractivity (Wildman–Crippen MR) is 52.9 cm³/mol. The Labute approximate surface area is 88.6 Å². The van der Waals surface area contributed by atoms with E-state index in [1.54, 1.807) is 4.57 Å². The molecule has 0 aromatic carbocycles. The fourth-order valence-corrected chi connectivity index (χ4v) is 1.52. The Morgan fingerprint density at radius 3 is 2.64 bits per heavy atom. The van der Waals surface area contributed by atoms with E-state index < -0.39 is 11.9 Å². The maximum absolute atomic E-state index is 10.6. The molecule has 0 aliphatic heterocycles. The van der Waals surface area contributed by atoms with Gasteiger partial charge in [-0.15, -0.1) is 0 Å². The van der Waals surface area contributed by atoms with Crippen molar-refractivity contribution in [3.8, 4) is 0 Å². The van der Waals surface area contributed by atoms with E-state index in [1.165, 1.54) is 12.3 Å². The average molecular weight is 261 g/mol. The molecular formula is C8H9BrN2O3. The lowest BCUT2D eigenvalue weighted by Gasteiger charge is -2.01. The van der Waals surface area contributed by atoms with Crippen LogP contribution >= 0.6 is 15.9 Å². The number of aryl methyl sites for hydroxylation is 1. The molecule has 0 unspecified atom stereocenters. The van der Waals surface area contributed by atoms with Crippen LogP contribution in [0.15, 0.2) is 16.9 Å². The fraction of sp³-hybridized carbons (Fsp3) is 0.250. The summed E-state index contributed by atoms with van der Waals surface area (Å²) in [6.45, 7) is 0.378. The van der Waals surface area contributed by atoms with E-state index >= 15 is 0 Å². The summed E-state index contributed by atoms with van der Waals surface area (Å²) < 4.78 is 2.24. The second-order valence-electron chi connectivity index (χ2n) is 2.77. The van der Waals surface area contributed by atoms with Crippen molar-refractivity contribution in [2.24, 2.45) is 5.73 Å². The highest BCUT2D eigenvalue weighted by atomic mass is 79.9. The van der Waals surface area contributed by atoms with Crippen molar-refractivity contribution < 1.29 is 14.7 Å². The Morgan fingerprint density at radius 1 is 1.57 bits per heavy atom. The normalized spacial score (nSPS) is 10.1. The third kappa shape index (κ3) is 2.59. The van der Waals surface area contributed by atoms with Crippen LogP contribution in [0.1, 0.15) is 16.8 Å². The molecule has 1 aromatic heterocycles. The number of hydrogen-bond acceptors (Lipinski definition) is 2. The minimum atomic E-state index is -0.997. The molecule has 0 fully saturated rings. The molecule has 0 atom stereocenters. The van der Waals surface area contributed by atoms with Gasteiger partial charge in [0.05, 0.1) is 10.2 Å². The molecule has 0 radical (unpaired) electrons. The number of carbonyl (C=O) groups is 2. The molecule has 0 saturated carbocycles. The van der Waals surface area contributed by atoms with Crippen molar-refractivity contribution in [2.45, 2.75) is 13.0 Å². The van der Waals surface area contributed by atoms with Crippen LogP contribution in [-0.2, 0) is 11.3 Å². The molecule has 1 aromatic rings. The molecule has 0 aliphatic carbocycles. The van der Waals surface area contributed by atoms with Crippen molar-refractivity contribution in [3.63, 3.8) is 0 Å². The van der Waals surface area contributed by atoms with Gasteiger partial charge in [0.2, 0.25) is 5.91 Å². The Hall–Kier alpha value is -1.30. The summed E-state index contributed by atoms with van der Waals surface area (Å²) in [5, 5.41) is 8.67. The zero-order valence-corrected chi connectivity index (χ0v) is 8.82. The third-order valence-corrected chi connectivity index (χ3v) is 2.37. The lowest BCUT2D eigenvalue weighted by atomic mass is 10.3. The summed E-state index contributed by atoms with van der Waals surface area (Å²) >= 11 is 3.18. The number of carboxylic acids is 1. The van der Waals surface area contributed by atoms with Crippen LogP contribution in [0.4, 0.5) is 0 Å². The number of aromatic carboxylic acids is 1. The second kappa shape index (κ2) is 4.28. The smallest absolute Gasteiger partial charge is 0.337 e. The highest BCUT2D eigenvalue weighted by Gasteiger charge is 2.09. The standard InChI is InChI=1S/C8H9BrN2O3/c9-6-3-5(8(13)14)4-11(6)2-1-7(10)12/h3-4H,1-2H2,(H2,10,12)(H,13,14). The van der Waals surface area contributed by atoms with E-state index in [0.29, 0.717) is 11.1 Å². The van der Waals surface area contributed by atoms with Crippen LogP contribution in [-0.4, -0.2) is 21.6 Å². The maximum Gasteiger partial charge on any atom is 0.337 e. The molecule has 0 bridgehead atoms. The number of halogens is 1. The summed E-state index contributed by atoms with van der Waals surface area (Å²) in [4.78, 5) is 21.1. The highest BCUT2D eigenvalue weighted by Crippen LogP contribution is 2.15. The third-order valence-electron chi connectivity index (χ3n) is 1.69. The van der Waals surface area contributed by atoms with E-state index in [2.05, 4.69) is 15.9 Å². The predicted octanol–water partition coefficient (Wildman–Crippen LogP) is 0.824. The summed E-state index contributed by atoms with van der Waals surface area (Å²) in [6.07, 6.45) is 1.64. The lowest BCUT2D eigenvalue weighted by molar-refractivity contribution is -0.118. The summed E-state index contributed by atoms with van der Waals surface area (Å²) in [5.74, 6) is -1.41. The molecule has 14 heavy (non-hydrogen) atoms. The van der Waals surface area contributed by atoms with Crippen molar-refractivity contribution in [3.05, 3.63) is 22.4 Å². The van der Waals surface area contributed by atoms with Crippen LogP contribution in [0.25, 0.3) is 0 Å². The van der Waals surface area contributed by atoms with Crippen LogP contribution in [0.2, 0.25) is 0 Å². The second-order valence-corrected chi connectivity index (χ2v) is 3.58. The van der Waals surface area contributed by atoms with Gasteiger partial charge in [-0.1, -0.05) is 0 Å². The fourth-order valence-electron chi connectivity index (χ4n) is 0.997. The van der Waals surface area contributed by atoms with E-state index in [1.807, 2.05) is 0 Å². The molecule has 5 nitrogen and oxygen atoms in total. The molecule has 0 spiro atoms. The molecule has 1 rings (SSSR count). The van der Waals surface area contributed by atoms with E-state index in [0.717, 1.165) is 0 Å². The first-order valence-corrected chi connectivity index (χ1v) is 4.67. The van der Waals surface area contributed by atoms with Crippen molar-refractivity contribution >= 4 is 27.8 Å². The zero-order valence-electron chi connectivity index (χ0n) is 7.24. The molecule has 76 valence electrons. The number of hydrogen-bond donors (Lipinski definition) is 2. The summed E-state index contributed by atoms with van der Waals surface area (Å²) in [7, 11) is 0. The van der Waals surface area contributed by atoms with Gasteiger partial charge >= 0.3 is 5.97 Å². The number of aromatic nitrogens is 1. The minimum absolute atomic E-state index is 0.182. The number of primary amides is 1. The number of rotatable bonds is 4. The molecule has 0 saturated heterocycles. The zero-order chi connectivity index (χ0) is 10.7. The van der Waals surface area contributed by atoms with Crippen LogP contribution in [0.5, 0.6) is 0 Å². The first-order valence-electron chi connectivity index (χ1n) is 3.88.